The summed E-state index contributed by atoms with van der Waals surface area (Å²) in [6.07, 6.45) is 14.7. The van der Waals surface area contributed by atoms with Gasteiger partial charge >= 0.3 is 0 Å². The van der Waals surface area contributed by atoms with Gasteiger partial charge in [0, 0.05) is 6.04 Å². The predicted octanol–water partition coefficient (Wildman–Crippen LogP) is 5.15. The molecule has 0 aromatic carbocycles. The molecule has 2 unspecified atom stereocenters. The van der Waals surface area contributed by atoms with Gasteiger partial charge in [0.25, 0.3) is 0 Å². The van der Waals surface area contributed by atoms with E-state index in [9.17, 15) is 0 Å². The van der Waals surface area contributed by atoms with E-state index in [1.807, 2.05) is 0 Å². The summed E-state index contributed by atoms with van der Waals surface area (Å²) in [5, 5.41) is 3.91. The van der Waals surface area contributed by atoms with E-state index in [0.717, 1.165) is 24.4 Å². The van der Waals surface area contributed by atoms with Crippen molar-refractivity contribution >= 4 is 0 Å². The molecule has 0 amide bonds. The second-order valence-corrected chi connectivity index (χ2v) is 7.68. The van der Waals surface area contributed by atoms with E-state index in [2.05, 4.69) is 26.1 Å². The van der Waals surface area contributed by atoms with Gasteiger partial charge in [-0.1, -0.05) is 59.3 Å². The van der Waals surface area contributed by atoms with Gasteiger partial charge in [-0.05, 0) is 49.5 Å². The van der Waals surface area contributed by atoms with Gasteiger partial charge in [0.2, 0.25) is 0 Å². The third-order valence-corrected chi connectivity index (χ3v) is 5.87. The molecular weight excluding hydrogens is 230 g/mol. The average molecular weight is 265 g/mol. The molecular formula is C18H35N. The maximum absolute atomic E-state index is 3.91. The SMILES string of the molecule is CCNC(C1CCCCCC1)C1CCCCC1(C)C. The van der Waals surface area contributed by atoms with Crippen LogP contribution < -0.4 is 5.32 Å². The molecule has 2 aliphatic rings. The van der Waals surface area contributed by atoms with Gasteiger partial charge in [-0.3, -0.25) is 0 Å². The average Bonchev–Trinajstić information content (AvgIpc) is 2.65. The van der Waals surface area contributed by atoms with Crippen molar-refractivity contribution < 1.29 is 0 Å². The summed E-state index contributed by atoms with van der Waals surface area (Å²) in [5.41, 5.74) is 0.553. The molecule has 1 nitrogen and oxygen atoms in total. The zero-order valence-corrected chi connectivity index (χ0v) is 13.5. The van der Waals surface area contributed by atoms with Crippen LogP contribution >= 0.6 is 0 Å². The van der Waals surface area contributed by atoms with Crippen LogP contribution in [0.2, 0.25) is 0 Å². The Labute approximate surface area is 120 Å². The number of rotatable bonds is 4. The molecule has 0 aliphatic heterocycles. The van der Waals surface area contributed by atoms with Crippen molar-refractivity contribution in [1.82, 2.24) is 5.32 Å². The standard InChI is InChI=1S/C18H35N/c1-4-19-17(15-11-7-5-6-8-12-15)16-13-9-10-14-18(16,2)3/h15-17,19H,4-14H2,1-3H3. The lowest BCUT2D eigenvalue weighted by Crippen LogP contribution is -2.48. The molecule has 2 rings (SSSR count). The van der Waals surface area contributed by atoms with Crippen LogP contribution in [0.15, 0.2) is 0 Å². The Morgan fingerprint density at radius 1 is 0.947 bits per heavy atom. The van der Waals surface area contributed by atoms with Crippen LogP contribution in [0.4, 0.5) is 0 Å². The molecule has 0 aromatic heterocycles. The molecule has 0 heterocycles. The lowest BCUT2D eigenvalue weighted by Gasteiger charge is -2.46. The van der Waals surface area contributed by atoms with E-state index in [4.69, 9.17) is 0 Å². The van der Waals surface area contributed by atoms with Crippen molar-refractivity contribution in [1.29, 1.82) is 0 Å². The molecule has 2 aliphatic carbocycles. The highest BCUT2D eigenvalue weighted by molar-refractivity contribution is 4.93. The Bertz CT molecular complexity index is 250. The van der Waals surface area contributed by atoms with Gasteiger partial charge in [0.05, 0.1) is 0 Å². The third-order valence-electron chi connectivity index (χ3n) is 5.87. The fourth-order valence-corrected chi connectivity index (χ4v) is 4.73. The van der Waals surface area contributed by atoms with Crippen molar-refractivity contribution in [3.63, 3.8) is 0 Å². The number of hydrogen-bond acceptors (Lipinski definition) is 1. The molecule has 0 saturated heterocycles. The maximum Gasteiger partial charge on any atom is 0.0129 e. The topological polar surface area (TPSA) is 12.0 Å². The van der Waals surface area contributed by atoms with Gasteiger partial charge in [0.1, 0.15) is 0 Å². The van der Waals surface area contributed by atoms with Crippen LogP contribution in [0.5, 0.6) is 0 Å². The first kappa shape index (κ1) is 15.4. The van der Waals surface area contributed by atoms with Crippen LogP contribution in [-0.2, 0) is 0 Å². The zero-order valence-electron chi connectivity index (χ0n) is 13.5. The first-order valence-electron chi connectivity index (χ1n) is 8.88. The van der Waals surface area contributed by atoms with Gasteiger partial charge in [-0.2, -0.15) is 0 Å². The predicted molar refractivity (Wildman–Crippen MR) is 84.4 cm³/mol. The van der Waals surface area contributed by atoms with Gasteiger partial charge in [-0.25, -0.2) is 0 Å². The van der Waals surface area contributed by atoms with E-state index >= 15 is 0 Å². The van der Waals surface area contributed by atoms with Crippen molar-refractivity contribution in [2.24, 2.45) is 17.3 Å². The first-order chi connectivity index (χ1) is 9.15. The summed E-state index contributed by atoms with van der Waals surface area (Å²) in [6, 6.07) is 0.790. The largest absolute Gasteiger partial charge is 0.314 e. The molecule has 2 atom stereocenters. The summed E-state index contributed by atoms with van der Waals surface area (Å²) in [6.45, 7) is 8.49. The summed E-state index contributed by atoms with van der Waals surface area (Å²) in [7, 11) is 0. The van der Waals surface area contributed by atoms with E-state index in [0.29, 0.717) is 5.41 Å². The van der Waals surface area contributed by atoms with E-state index < -0.39 is 0 Å². The van der Waals surface area contributed by atoms with Crippen LogP contribution in [0, 0.1) is 17.3 Å². The van der Waals surface area contributed by atoms with E-state index in [1.165, 1.54) is 64.2 Å². The maximum atomic E-state index is 3.91. The zero-order chi connectivity index (χ0) is 13.7. The van der Waals surface area contributed by atoms with E-state index in [1.54, 1.807) is 0 Å². The Kier molecular flexibility index (Phi) is 5.74. The van der Waals surface area contributed by atoms with Crippen LogP contribution in [-0.4, -0.2) is 12.6 Å². The van der Waals surface area contributed by atoms with Crippen molar-refractivity contribution in [3.05, 3.63) is 0 Å². The molecule has 2 saturated carbocycles. The van der Waals surface area contributed by atoms with Crippen LogP contribution in [0.25, 0.3) is 0 Å². The summed E-state index contributed by atoms with van der Waals surface area (Å²) in [5.74, 6) is 1.86. The minimum absolute atomic E-state index is 0.553. The van der Waals surface area contributed by atoms with Gasteiger partial charge in [-0.15, -0.1) is 0 Å². The van der Waals surface area contributed by atoms with E-state index in [-0.39, 0.29) is 0 Å². The van der Waals surface area contributed by atoms with Crippen LogP contribution in [0.3, 0.4) is 0 Å². The Morgan fingerprint density at radius 3 is 2.16 bits per heavy atom. The molecule has 0 bridgehead atoms. The van der Waals surface area contributed by atoms with Gasteiger partial charge in [0.15, 0.2) is 0 Å². The summed E-state index contributed by atoms with van der Waals surface area (Å²) < 4.78 is 0. The fourth-order valence-electron chi connectivity index (χ4n) is 4.73. The highest BCUT2D eigenvalue weighted by Gasteiger charge is 2.40. The van der Waals surface area contributed by atoms with Crippen LogP contribution in [0.1, 0.15) is 85.0 Å². The van der Waals surface area contributed by atoms with Crippen molar-refractivity contribution in [2.45, 2.75) is 91.0 Å². The molecule has 0 aromatic rings. The smallest absolute Gasteiger partial charge is 0.0129 e. The fraction of sp³-hybridized carbons (Fsp3) is 1.00. The second kappa shape index (κ2) is 7.11. The first-order valence-corrected chi connectivity index (χ1v) is 8.88. The molecule has 2 fully saturated rings. The minimum atomic E-state index is 0.553. The normalized spacial score (nSPS) is 30.8. The summed E-state index contributed by atoms with van der Waals surface area (Å²) in [4.78, 5) is 0. The lowest BCUT2D eigenvalue weighted by molar-refractivity contribution is 0.0695. The number of nitrogens with one attached hydrogen (secondary N) is 1. The van der Waals surface area contributed by atoms with Crippen molar-refractivity contribution in [2.75, 3.05) is 6.54 Å². The molecule has 0 spiro atoms. The molecule has 1 heteroatoms. The van der Waals surface area contributed by atoms with Gasteiger partial charge < -0.3 is 5.32 Å². The molecule has 0 radical (unpaired) electrons. The molecule has 1 N–H and O–H groups in total. The molecule has 19 heavy (non-hydrogen) atoms. The third kappa shape index (κ3) is 3.97. The Balaban J connectivity index is 2.08. The highest BCUT2D eigenvalue weighted by Crippen LogP contribution is 2.45. The molecule has 112 valence electrons. The monoisotopic (exact) mass is 265 g/mol. The Morgan fingerprint density at radius 2 is 1.58 bits per heavy atom. The summed E-state index contributed by atoms with van der Waals surface area (Å²) >= 11 is 0. The van der Waals surface area contributed by atoms with Crippen molar-refractivity contribution in [3.8, 4) is 0 Å². The second-order valence-electron chi connectivity index (χ2n) is 7.68. The Hall–Kier alpha value is -0.0400. The lowest BCUT2D eigenvalue weighted by atomic mass is 9.63. The number of hydrogen-bond donors (Lipinski definition) is 1. The highest BCUT2D eigenvalue weighted by atomic mass is 14.9. The quantitative estimate of drug-likeness (QED) is 0.693. The minimum Gasteiger partial charge on any atom is -0.314 e.